The normalized spacial score (nSPS) is 12.0. The van der Waals surface area contributed by atoms with Crippen molar-refractivity contribution in [1.82, 2.24) is 20.3 Å². The summed E-state index contributed by atoms with van der Waals surface area (Å²) in [6, 6.07) is -0.686. The fraction of sp³-hybridized carbons (Fsp3) is 0.400. The van der Waals surface area contributed by atoms with Gasteiger partial charge in [0.05, 0.1) is 13.3 Å². The SMILES string of the molecule is COC(=O)C(CC(C)C)NC(=O)c1csc(-c2cnccn2)n1. The van der Waals surface area contributed by atoms with E-state index in [1.165, 1.54) is 18.4 Å². The number of amides is 1. The minimum absolute atomic E-state index is 0.241. The third kappa shape index (κ3) is 4.56. The van der Waals surface area contributed by atoms with Crippen molar-refractivity contribution in [3.63, 3.8) is 0 Å². The Bertz CT molecular complexity index is 672. The number of aromatic nitrogens is 3. The van der Waals surface area contributed by atoms with Crippen LogP contribution in [-0.4, -0.2) is 40.0 Å². The maximum atomic E-state index is 12.3. The van der Waals surface area contributed by atoms with E-state index in [9.17, 15) is 9.59 Å². The zero-order chi connectivity index (χ0) is 16.8. The smallest absolute Gasteiger partial charge is 0.328 e. The first kappa shape index (κ1) is 17.0. The second kappa shape index (κ2) is 7.77. The van der Waals surface area contributed by atoms with E-state index >= 15 is 0 Å². The zero-order valence-corrected chi connectivity index (χ0v) is 14.0. The van der Waals surface area contributed by atoms with Gasteiger partial charge in [-0.3, -0.25) is 14.8 Å². The average molecular weight is 334 g/mol. The lowest BCUT2D eigenvalue weighted by Gasteiger charge is -2.17. The molecule has 0 spiro atoms. The van der Waals surface area contributed by atoms with Crippen molar-refractivity contribution in [2.24, 2.45) is 5.92 Å². The summed E-state index contributed by atoms with van der Waals surface area (Å²) in [5, 5.41) is 4.90. The molecule has 122 valence electrons. The lowest BCUT2D eigenvalue weighted by atomic mass is 10.0. The Kier molecular flexibility index (Phi) is 5.75. The summed E-state index contributed by atoms with van der Waals surface area (Å²) in [5.41, 5.74) is 0.844. The maximum absolute atomic E-state index is 12.3. The molecule has 0 aliphatic heterocycles. The molecule has 0 saturated carbocycles. The van der Waals surface area contributed by atoms with Crippen LogP contribution in [0.5, 0.6) is 0 Å². The van der Waals surface area contributed by atoms with Crippen LogP contribution in [-0.2, 0) is 9.53 Å². The van der Waals surface area contributed by atoms with Gasteiger partial charge in [-0.15, -0.1) is 11.3 Å². The number of nitrogens with zero attached hydrogens (tertiary/aromatic N) is 3. The van der Waals surface area contributed by atoms with Crippen molar-refractivity contribution in [3.8, 4) is 10.7 Å². The molecule has 1 N–H and O–H groups in total. The highest BCUT2D eigenvalue weighted by Crippen LogP contribution is 2.20. The number of nitrogens with one attached hydrogen (secondary N) is 1. The molecule has 1 atom stereocenters. The van der Waals surface area contributed by atoms with Crippen LogP contribution >= 0.6 is 11.3 Å². The lowest BCUT2D eigenvalue weighted by Crippen LogP contribution is -2.42. The van der Waals surface area contributed by atoms with Crippen molar-refractivity contribution in [1.29, 1.82) is 0 Å². The minimum atomic E-state index is -0.686. The number of hydrogen-bond donors (Lipinski definition) is 1. The van der Waals surface area contributed by atoms with Gasteiger partial charge >= 0.3 is 5.97 Å². The third-order valence-corrected chi connectivity index (χ3v) is 3.88. The fourth-order valence-corrected chi connectivity index (χ4v) is 2.73. The van der Waals surface area contributed by atoms with Crippen molar-refractivity contribution >= 4 is 23.2 Å². The van der Waals surface area contributed by atoms with Crippen molar-refractivity contribution in [2.75, 3.05) is 7.11 Å². The van der Waals surface area contributed by atoms with E-state index in [1.54, 1.807) is 24.0 Å². The molecule has 1 amide bonds. The minimum Gasteiger partial charge on any atom is -0.467 e. The monoisotopic (exact) mass is 334 g/mol. The molecule has 8 heteroatoms. The molecule has 7 nitrogen and oxygen atoms in total. The van der Waals surface area contributed by atoms with Gasteiger partial charge in [-0.1, -0.05) is 13.8 Å². The number of thiazole rings is 1. The number of methoxy groups -OCH3 is 1. The van der Waals surface area contributed by atoms with Crippen LogP contribution in [0.3, 0.4) is 0 Å². The number of carbonyl (C=O) groups excluding carboxylic acids is 2. The average Bonchev–Trinajstić information content (AvgIpc) is 3.04. The summed E-state index contributed by atoms with van der Waals surface area (Å²) < 4.78 is 4.73. The molecular weight excluding hydrogens is 316 g/mol. The molecule has 0 saturated heterocycles. The summed E-state index contributed by atoms with van der Waals surface area (Å²) in [6.07, 6.45) is 5.21. The molecule has 23 heavy (non-hydrogen) atoms. The number of ether oxygens (including phenoxy) is 1. The molecule has 0 aliphatic carbocycles. The lowest BCUT2D eigenvalue weighted by molar-refractivity contribution is -0.143. The Hall–Kier alpha value is -2.35. The summed E-state index contributed by atoms with van der Waals surface area (Å²) in [4.78, 5) is 36.4. The molecule has 0 fully saturated rings. The molecule has 0 radical (unpaired) electrons. The Labute approximate surface area is 138 Å². The van der Waals surface area contributed by atoms with Crippen LogP contribution in [0.15, 0.2) is 24.0 Å². The van der Waals surface area contributed by atoms with E-state index in [2.05, 4.69) is 20.3 Å². The van der Waals surface area contributed by atoms with E-state index in [-0.39, 0.29) is 11.6 Å². The standard InChI is InChI=1S/C15H18N4O3S/c1-9(2)6-10(15(21)22-3)18-13(20)12-8-23-14(19-12)11-7-16-4-5-17-11/h4-5,7-10H,6H2,1-3H3,(H,18,20). The molecule has 0 bridgehead atoms. The van der Waals surface area contributed by atoms with Crippen LogP contribution in [0.2, 0.25) is 0 Å². The molecular formula is C15H18N4O3S. The topological polar surface area (TPSA) is 94.1 Å². The van der Waals surface area contributed by atoms with Gasteiger partial charge in [0.25, 0.3) is 5.91 Å². The highest BCUT2D eigenvalue weighted by atomic mass is 32.1. The van der Waals surface area contributed by atoms with E-state index in [1.807, 2.05) is 13.8 Å². The largest absolute Gasteiger partial charge is 0.467 e. The van der Waals surface area contributed by atoms with Crippen molar-refractivity contribution in [2.45, 2.75) is 26.3 Å². The molecule has 0 aliphatic rings. The number of carbonyl (C=O) groups is 2. The highest BCUT2D eigenvalue weighted by molar-refractivity contribution is 7.13. The maximum Gasteiger partial charge on any atom is 0.328 e. The van der Waals surface area contributed by atoms with Gasteiger partial charge in [0.2, 0.25) is 0 Å². The summed E-state index contributed by atoms with van der Waals surface area (Å²) in [7, 11) is 1.30. The predicted molar refractivity (Wildman–Crippen MR) is 85.9 cm³/mol. The second-order valence-electron chi connectivity index (χ2n) is 5.31. The first-order valence-corrected chi connectivity index (χ1v) is 7.99. The molecule has 2 aromatic rings. The van der Waals surface area contributed by atoms with Crippen LogP contribution in [0.25, 0.3) is 10.7 Å². The first-order chi connectivity index (χ1) is 11.0. The van der Waals surface area contributed by atoms with Crippen molar-refractivity contribution < 1.29 is 14.3 Å². The van der Waals surface area contributed by atoms with Gasteiger partial charge < -0.3 is 10.1 Å². The van der Waals surface area contributed by atoms with E-state index in [4.69, 9.17) is 4.74 Å². The fourth-order valence-electron chi connectivity index (χ4n) is 1.97. The van der Waals surface area contributed by atoms with Gasteiger partial charge in [-0.05, 0) is 12.3 Å². The number of esters is 1. The van der Waals surface area contributed by atoms with Crippen molar-refractivity contribution in [3.05, 3.63) is 29.7 Å². The number of rotatable bonds is 6. The summed E-state index contributed by atoms with van der Waals surface area (Å²) >= 11 is 1.30. The third-order valence-electron chi connectivity index (χ3n) is 3.02. The Morgan fingerprint density at radius 1 is 1.35 bits per heavy atom. The molecule has 0 aromatic carbocycles. The van der Waals surface area contributed by atoms with E-state index < -0.39 is 17.9 Å². The predicted octanol–water partition coefficient (Wildman–Crippen LogP) is 1.92. The van der Waals surface area contributed by atoms with Crippen LogP contribution in [0, 0.1) is 5.92 Å². The molecule has 1 unspecified atom stereocenters. The summed E-state index contributed by atoms with van der Waals surface area (Å²) in [6.45, 7) is 3.94. The second-order valence-corrected chi connectivity index (χ2v) is 6.17. The van der Waals surface area contributed by atoms with E-state index in [0.717, 1.165) is 0 Å². The van der Waals surface area contributed by atoms with Gasteiger partial charge in [-0.2, -0.15) is 0 Å². The Morgan fingerprint density at radius 3 is 2.74 bits per heavy atom. The van der Waals surface area contributed by atoms with Crippen LogP contribution in [0.4, 0.5) is 0 Å². The number of hydrogen-bond acceptors (Lipinski definition) is 7. The highest BCUT2D eigenvalue weighted by Gasteiger charge is 2.24. The van der Waals surface area contributed by atoms with Gasteiger partial charge in [0.1, 0.15) is 22.4 Å². The molecule has 2 rings (SSSR count). The first-order valence-electron chi connectivity index (χ1n) is 7.12. The van der Waals surface area contributed by atoms with Gasteiger partial charge in [-0.25, -0.2) is 9.78 Å². The van der Waals surface area contributed by atoms with Crippen LogP contribution in [0.1, 0.15) is 30.8 Å². The summed E-state index contributed by atoms with van der Waals surface area (Å²) in [5.74, 6) is -0.631. The van der Waals surface area contributed by atoms with Crippen LogP contribution < -0.4 is 5.32 Å². The van der Waals surface area contributed by atoms with Gasteiger partial charge in [0.15, 0.2) is 0 Å². The zero-order valence-electron chi connectivity index (χ0n) is 13.1. The Morgan fingerprint density at radius 2 is 2.13 bits per heavy atom. The van der Waals surface area contributed by atoms with E-state index in [0.29, 0.717) is 17.1 Å². The quantitative estimate of drug-likeness (QED) is 0.811. The Balaban J connectivity index is 2.11. The van der Waals surface area contributed by atoms with Gasteiger partial charge in [0, 0.05) is 17.8 Å². The molecule has 2 aromatic heterocycles. The molecule has 2 heterocycles.